The first-order valence-corrected chi connectivity index (χ1v) is 6.92. The minimum atomic E-state index is -0.395. The molecule has 1 amide bonds. The van der Waals surface area contributed by atoms with Gasteiger partial charge in [-0.15, -0.1) is 0 Å². The average Bonchev–Trinajstić information content (AvgIpc) is 2.38. The molecule has 2 rings (SSSR count). The number of pyridine rings is 1. The van der Waals surface area contributed by atoms with Gasteiger partial charge < -0.3 is 5.32 Å². The molecule has 0 saturated carbocycles. The van der Waals surface area contributed by atoms with E-state index in [0.29, 0.717) is 5.69 Å². The maximum absolute atomic E-state index is 12.1. The predicted octanol–water partition coefficient (Wildman–Crippen LogP) is 4.71. The van der Waals surface area contributed by atoms with Gasteiger partial charge in [-0.25, -0.2) is 4.98 Å². The second kappa shape index (κ2) is 5.90. The van der Waals surface area contributed by atoms with Gasteiger partial charge in [0, 0.05) is 10.2 Å². The number of nitrogens with one attached hydrogen (secondary N) is 1. The van der Waals surface area contributed by atoms with Crippen LogP contribution in [0, 0.1) is 6.92 Å². The number of rotatable bonds is 2. The molecule has 0 aliphatic rings. The Balaban J connectivity index is 2.31. The lowest BCUT2D eigenvalue weighted by Crippen LogP contribution is -2.15. The van der Waals surface area contributed by atoms with Gasteiger partial charge in [-0.05, 0) is 36.8 Å². The van der Waals surface area contributed by atoms with E-state index in [0.717, 1.165) is 10.0 Å². The van der Waals surface area contributed by atoms with Crippen LogP contribution in [0.3, 0.4) is 0 Å². The highest BCUT2D eigenvalue weighted by Crippen LogP contribution is 2.25. The number of amides is 1. The highest BCUT2D eigenvalue weighted by Gasteiger charge is 2.14. The second-order valence-electron chi connectivity index (χ2n) is 3.83. The van der Waals surface area contributed by atoms with Gasteiger partial charge in [0.25, 0.3) is 5.91 Å². The zero-order chi connectivity index (χ0) is 14.0. The summed E-state index contributed by atoms with van der Waals surface area (Å²) in [6.07, 6.45) is 0. The van der Waals surface area contributed by atoms with Crippen LogP contribution >= 0.6 is 39.1 Å². The van der Waals surface area contributed by atoms with E-state index < -0.39 is 5.91 Å². The van der Waals surface area contributed by atoms with Crippen LogP contribution in [0.15, 0.2) is 34.8 Å². The fourth-order valence-electron chi connectivity index (χ4n) is 1.50. The molecule has 0 atom stereocenters. The normalized spacial score (nSPS) is 10.3. The van der Waals surface area contributed by atoms with Crippen LogP contribution in [0.1, 0.15) is 16.1 Å². The summed E-state index contributed by atoms with van der Waals surface area (Å²) in [7, 11) is 0. The number of carbonyl (C=O) groups excluding carboxylic acids is 1. The summed E-state index contributed by atoms with van der Waals surface area (Å²) >= 11 is 15.1. The molecule has 0 radical (unpaired) electrons. The molecule has 1 aromatic heterocycles. The van der Waals surface area contributed by atoms with Crippen molar-refractivity contribution in [3.8, 4) is 0 Å². The molecule has 0 fully saturated rings. The van der Waals surface area contributed by atoms with E-state index in [1.807, 2.05) is 19.1 Å². The standard InChI is InChI=1S/C13H9BrCl2N2O/c1-7-8(14)3-2-4-10(7)17-13(19)12-9(15)5-6-11(16)18-12/h2-6H,1H3,(H,17,19). The van der Waals surface area contributed by atoms with Crippen LogP contribution in [0.5, 0.6) is 0 Å². The Morgan fingerprint density at radius 3 is 2.74 bits per heavy atom. The molecule has 98 valence electrons. The monoisotopic (exact) mass is 358 g/mol. The Morgan fingerprint density at radius 2 is 2.00 bits per heavy atom. The molecule has 2 aromatic rings. The molecule has 0 bridgehead atoms. The summed E-state index contributed by atoms with van der Waals surface area (Å²) in [5, 5.41) is 3.24. The Hall–Kier alpha value is -1.10. The molecule has 0 spiro atoms. The third kappa shape index (κ3) is 3.26. The molecule has 19 heavy (non-hydrogen) atoms. The van der Waals surface area contributed by atoms with Gasteiger partial charge in [-0.3, -0.25) is 4.79 Å². The van der Waals surface area contributed by atoms with E-state index in [2.05, 4.69) is 26.2 Å². The Kier molecular flexibility index (Phi) is 4.45. The van der Waals surface area contributed by atoms with Gasteiger partial charge in [0.1, 0.15) is 10.8 Å². The first-order chi connectivity index (χ1) is 8.99. The van der Waals surface area contributed by atoms with Crippen molar-refractivity contribution in [3.63, 3.8) is 0 Å². The molecule has 0 unspecified atom stereocenters. The fraction of sp³-hybridized carbons (Fsp3) is 0.0769. The van der Waals surface area contributed by atoms with E-state index in [-0.39, 0.29) is 15.9 Å². The maximum atomic E-state index is 12.1. The number of aromatic nitrogens is 1. The van der Waals surface area contributed by atoms with Gasteiger partial charge in [0.2, 0.25) is 0 Å². The zero-order valence-electron chi connectivity index (χ0n) is 9.88. The lowest BCUT2D eigenvalue weighted by atomic mass is 10.2. The number of benzene rings is 1. The highest BCUT2D eigenvalue weighted by molar-refractivity contribution is 9.10. The minimum Gasteiger partial charge on any atom is -0.320 e. The molecular formula is C13H9BrCl2N2O. The van der Waals surface area contributed by atoms with Gasteiger partial charge in [-0.2, -0.15) is 0 Å². The molecular weight excluding hydrogens is 351 g/mol. The molecule has 0 aliphatic heterocycles. The zero-order valence-corrected chi connectivity index (χ0v) is 13.0. The third-order valence-electron chi connectivity index (χ3n) is 2.54. The second-order valence-corrected chi connectivity index (χ2v) is 5.48. The predicted molar refractivity (Wildman–Crippen MR) is 81.1 cm³/mol. The summed E-state index contributed by atoms with van der Waals surface area (Å²) < 4.78 is 0.912. The summed E-state index contributed by atoms with van der Waals surface area (Å²) in [5.41, 5.74) is 1.72. The molecule has 3 nitrogen and oxygen atoms in total. The summed E-state index contributed by atoms with van der Waals surface area (Å²) in [6, 6.07) is 8.61. The number of halogens is 3. The quantitative estimate of drug-likeness (QED) is 0.789. The van der Waals surface area contributed by atoms with Crippen molar-refractivity contribution < 1.29 is 4.79 Å². The molecule has 0 saturated heterocycles. The average molecular weight is 360 g/mol. The van der Waals surface area contributed by atoms with Gasteiger partial charge >= 0.3 is 0 Å². The molecule has 1 aromatic carbocycles. The highest BCUT2D eigenvalue weighted by atomic mass is 79.9. The lowest BCUT2D eigenvalue weighted by molar-refractivity contribution is 0.102. The van der Waals surface area contributed by atoms with Crippen LogP contribution in [-0.2, 0) is 0 Å². The number of carbonyl (C=O) groups is 1. The van der Waals surface area contributed by atoms with E-state index in [1.54, 1.807) is 12.1 Å². The molecule has 1 N–H and O–H groups in total. The minimum absolute atomic E-state index is 0.105. The number of nitrogens with zero attached hydrogens (tertiary/aromatic N) is 1. The Labute approximate surface area is 129 Å². The van der Waals surface area contributed by atoms with Crippen molar-refractivity contribution in [1.29, 1.82) is 0 Å². The largest absolute Gasteiger partial charge is 0.320 e. The first kappa shape index (κ1) is 14.3. The van der Waals surface area contributed by atoms with E-state index in [1.165, 1.54) is 6.07 Å². The van der Waals surface area contributed by atoms with Gasteiger partial charge in [-0.1, -0.05) is 45.2 Å². The van der Waals surface area contributed by atoms with Crippen molar-refractivity contribution >= 4 is 50.7 Å². The van der Waals surface area contributed by atoms with Gasteiger partial charge in [0.15, 0.2) is 0 Å². The van der Waals surface area contributed by atoms with E-state index in [9.17, 15) is 4.79 Å². The van der Waals surface area contributed by atoms with Crippen molar-refractivity contribution in [2.24, 2.45) is 0 Å². The smallest absolute Gasteiger partial charge is 0.275 e. The number of hydrogen-bond donors (Lipinski definition) is 1. The van der Waals surface area contributed by atoms with Crippen LogP contribution < -0.4 is 5.32 Å². The summed E-state index contributed by atoms with van der Waals surface area (Å²) in [4.78, 5) is 16.0. The maximum Gasteiger partial charge on any atom is 0.275 e. The summed E-state index contributed by atoms with van der Waals surface area (Å²) in [6.45, 7) is 1.90. The first-order valence-electron chi connectivity index (χ1n) is 5.37. The molecule has 1 heterocycles. The van der Waals surface area contributed by atoms with Crippen molar-refractivity contribution in [3.05, 3.63) is 56.2 Å². The molecule has 0 aliphatic carbocycles. The van der Waals surface area contributed by atoms with Crippen LogP contribution in [-0.4, -0.2) is 10.9 Å². The van der Waals surface area contributed by atoms with Gasteiger partial charge in [0.05, 0.1) is 5.02 Å². The Morgan fingerprint density at radius 1 is 1.26 bits per heavy atom. The summed E-state index contributed by atoms with van der Waals surface area (Å²) in [5.74, 6) is -0.395. The van der Waals surface area contributed by atoms with E-state index >= 15 is 0 Å². The van der Waals surface area contributed by atoms with Crippen molar-refractivity contribution in [1.82, 2.24) is 4.98 Å². The topological polar surface area (TPSA) is 42.0 Å². The Bertz CT molecular complexity index is 647. The van der Waals surface area contributed by atoms with Crippen LogP contribution in [0.25, 0.3) is 0 Å². The number of anilines is 1. The fourth-order valence-corrected chi connectivity index (χ4v) is 2.21. The molecule has 6 heteroatoms. The van der Waals surface area contributed by atoms with Crippen LogP contribution in [0.4, 0.5) is 5.69 Å². The van der Waals surface area contributed by atoms with Crippen molar-refractivity contribution in [2.75, 3.05) is 5.32 Å². The lowest BCUT2D eigenvalue weighted by Gasteiger charge is -2.10. The van der Waals surface area contributed by atoms with E-state index in [4.69, 9.17) is 23.2 Å². The third-order valence-corrected chi connectivity index (χ3v) is 3.92. The van der Waals surface area contributed by atoms with Crippen molar-refractivity contribution in [2.45, 2.75) is 6.92 Å². The SMILES string of the molecule is Cc1c(Br)cccc1NC(=O)c1nc(Cl)ccc1Cl. The number of hydrogen-bond acceptors (Lipinski definition) is 2. The van der Waals surface area contributed by atoms with Crippen LogP contribution in [0.2, 0.25) is 10.2 Å².